The maximum Gasteiger partial charge on any atom is 0.243 e. The van der Waals surface area contributed by atoms with Crippen molar-refractivity contribution in [2.75, 3.05) is 0 Å². The van der Waals surface area contributed by atoms with Crippen LogP contribution in [0.25, 0.3) is 10.7 Å². The molecule has 15 heavy (non-hydrogen) atoms. The van der Waals surface area contributed by atoms with Gasteiger partial charge in [-0.1, -0.05) is 24.6 Å². The number of nitrogens with two attached hydrogens (primary N) is 1. The molecular weight excluding hydrogens is 210 g/mol. The molecule has 1 unspecified atom stereocenters. The van der Waals surface area contributed by atoms with E-state index in [9.17, 15) is 0 Å². The summed E-state index contributed by atoms with van der Waals surface area (Å²) in [6.07, 6.45) is 1.88. The smallest absolute Gasteiger partial charge is 0.243 e. The normalized spacial score (nSPS) is 12.9. The van der Waals surface area contributed by atoms with Crippen LogP contribution >= 0.6 is 11.3 Å². The van der Waals surface area contributed by atoms with E-state index < -0.39 is 0 Å². The summed E-state index contributed by atoms with van der Waals surface area (Å²) < 4.78 is 5.12. The molecule has 5 heteroatoms. The minimum Gasteiger partial charge on any atom is -0.337 e. The summed E-state index contributed by atoms with van der Waals surface area (Å²) in [5.41, 5.74) is 5.88. The highest BCUT2D eigenvalue weighted by atomic mass is 32.1. The number of hydrogen-bond acceptors (Lipinski definition) is 5. The molecule has 0 saturated heterocycles. The van der Waals surface area contributed by atoms with Gasteiger partial charge in [0.1, 0.15) is 0 Å². The Bertz CT molecular complexity index is 410. The van der Waals surface area contributed by atoms with E-state index in [1.54, 1.807) is 11.3 Å². The first kappa shape index (κ1) is 10.3. The molecule has 0 radical (unpaired) electrons. The van der Waals surface area contributed by atoms with Crippen LogP contribution in [0, 0.1) is 0 Å². The first-order valence-electron chi connectivity index (χ1n) is 4.94. The zero-order chi connectivity index (χ0) is 10.7. The molecule has 0 spiro atoms. The molecule has 2 heterocycles. The fourth-order valence-corrected chi connectivity index (χ4v) is 1.98. The molecule has 0 aliphatic carbocycles. The van der Waals surface area contributed by atoms with Gasteiger partial charge >= 0.3 is 0 Å². The topological polar surface area (TPSA) is 64.9 Å². The zero-order valence-corrected chi connectivity index (χ0v) is 9.33. The third-order valence-corrected chi connectivity index (χ3v) is 2.97. The van der Waals surface area contributed by atoms with Crippen LogP contribution in [0.4, 0.5) is 0 Å². The summed E-state index contributed by atoms with van der Waals surface area (Å²) >= 11 is 1.59. The van der Waals surface area contributed by atoms with Crippen LogP contribution in [0.1, 0.15) is 31.7 Å². The van der Waals surface area contributed by atoms with Crippen LogP contribution in [0.2, 0.25) is 0 Å². The van der Waals surface area contributed by atoms with Gasteiger partial charge < -0.3 is 10.3 Å². The molecule has 1 atom stereocenters. The highest BCUT2D eigenvalue weighted by Gasteiger charge is 2.14. The van der Waals surface area contributed by atoms with Crippen molar-refractivity contribution in [3.05, 3.63) is 23.4 Å². The molecule has 0 aromatic carbocycles. The average molecular weight is 223 g/mol. The first-order valence-corrected chi connectivity index (χ1v) is 5.82. The fraction of sp³-hybridized carbons (Fsp3) is 0.400. The molecule has 2 aromatic heterocycles. The molecule has 80 valence electrons. The minimum atomic E-state index is -0.142. The molecule has 0 aliphatic heterocycles. The molecule has 4 nitrogen and oxygen atoms in total. The van der Waals surface area contributed by atoms with Crippen LogP contribution < -0.4 is 5.73 Å². The van der Waals surface area contributed by atoms with Crippen molar-refractivity contribution in [2.24, 2.45) is 5.73 Å². The van der Waals surface area contributed by atoms with Crippen LogP contribution in [-0.2, 0) is 0 Å². The predicted octanol–water partition coefficient (Wildman–Crippen LogP) is 2.60. The molecular formula is C10H13N3OS. The quantitative estimate of drug-likeness (QED) is 0.865. The van der Waals surface area contributed by atoms with Crippen molar-refractivity contribution < 1.29 is 4.52 Å². The third-order valence-electron chi connectivity index (χ3n) is 2.10. The van der Waals surface area contributed by atoms with Gasteiger partial charge in [-0.3, -0.25) is 0 Å². The number of hydrogen-bond donors (Lipinski definition) is 1. The Kier molecular flexibility index (Phi) is 3.13. The van der Waals surface area contributed by atoms with E-state index in [1.807, 2.05) is 17.5 Å². The van der Waals surface area contributed by atoms with Gasteiger partial charge in [-0.25, -0.2) is 0 Å². The largest absolute Gasteiger partial charge is 0.337 e. The maximum absolute atomic E-state index is 5.88. The predicted molar refractivity (Wildman–Crippen MR) is 59.4 cm³/mol. The standard InChI is InChI=1S/C10H13N3OS/c1-2-4-7(11)10-12-9(13-14-10)8-5-3-6-15-8/h3,5-7H,2,4,11H2,1H3. The molecule has 0 aliphatic rings. The van der Waals surface area contributed by atoms with E-state index in [4.69, 9.17) is 10.3 Å². The van der Waals surface area contributed by atoms with Crippen molar-refractivity contribution in [1.29, 1.82) is 0 Å². The number of aromatic nitrogens is 2. The summed E-state index contributed by atoms with van der Waals surface area (Å²) in [7, 11) is 0. The van der Waals surface area contributed by atoms with Crippen molar-refractivity contribution in [3.63, 3.8) is 0 Å². The van der Waals surface area contributed by atoms with Crippen molar-refractivity contribution in [2.45, 2.75) is 25.8 Å². The summed E-state index contributed by atoms with van der Waals surface area (Å²) in [6.45, 7) is 2.08. The average Bonchev–Trinajstić information content (AvgIpc) is 2.89. The number of thiophene rings is 1. The van der Waals surface area contributed by atoms with E-state index in [1.165, 1.54) is 0 Å². The SMILES string of the molecule is CCCC(N)c1nc(-c2cccs2)no1. The monoisotopic (exact) mass is 223 g/mol. The van der Waals surface area contributed by atoms with Gasteiger partial charge in [0.2, 0.25) is 11.7 Å². The lowest BCUT2D eigenvalue weighted by Crippen LogP contribution is -2.09. The fourth-order valence-electron chi connectivity index (χ4n) is 1.33. The van der Waals surface area contributed by atoms with Crippen LogP contribution in [0.5, 0.6) is 0 Å². The summed E-state index contributed by atoms with van der Waals surface area (Å²) in [5, 5.41) is 5.89. The van der Waals surface area contributed by atoms with E-state index in [2.05, 4.69) is 17.1 Å². The third kappa shape index (κ3) is 2.24. The summed E-state index contributed by atoms with van der Waals surface area (Å²) in [5.74, 6) is 1.16. The highest BCUT2D eigenvalue weighted by molar-refractivity contribution is 7.13. The van der Waals surface area contributed by atoms with Gasteiger partial charge in [0.15, 0.2) is 0 Å². The van der Waals surface area contributed by atoms with Crippen LogP contribution in [0.3, 0.4) is 0 Å². The van der Waals surface area contributed by atoms with Crippen molar-refractivity contribution in [1.82, 2.24) is 10.1 Å². The Morgan fingerprint density at radius 1 is 1.60 bits per heavy atom. The molecule has 0 saturated carbocycles. The van der Waals surface area contributed by atoms with Gasteiger partial charge in [-0.15, -0.1) is 11.3 Å². The second-order valence-corrected chi connectivity index (χ2v) is 4.28. The zero-order valence-electron chi connectivity index (χ0n) is 8.51. The van der Waals surface area contributed by atoms with Gasteiger partial charge in [0.05, 0.1) is 10.9 Å². The number of nitrogens with zero attached hydrogens (tertiary/aromatic N) is 2. The van der Waals surface area contributed by atoms with Crippen molar-refractivity contribution in [3.8, 4) is 10.7 Å². The lowest BCUT2D eigenvalue weighted by atomic mass is 10.2. The Morgan fingerprint density at radius 3 is 3.13 bits per heavy atom. The second kappa shape index (κ2) is 4.55. The van der Waals surface area contributed by atoms with Gasteiger partial charge in [-0.05, 0) is 17.9 Å². The van der Waals surface area contributed by atoms with Crippen molar-refractivity contribution >= 4 is 11.3 Å². The Balaban J connectivity index is 2.17. The van der Waals surface area contributed by atoms with Gasteiger partial charge in [0, 0.05) is 0 Å². The van der Waals surface area contributed by atoms with Gasteiger partial charge in [0.25, 0.3) is 0 Å². The number of rotatable bonds is 4. The molecule has 2 aromatic rings. The minimum absolute atomic E-state index is 0.142. The second-order valence-electron chi connectivity index (χ2n) is 3.33. The van der Waals surface area contributed by atoms with Gasteiger partial charge in [-0.2, -0.15) is 4.98 Å². The van der Waals surface area contributed by atoms with E-state index in [-0.39, 0.29) is 6.04 Å². The molecule has 0 bridgehead atoms. The lowest BCUT2D eigenvalue weighted by molar-refractivity contribution is 0.348. The summed E-state index contributed by atoms with van der Waals surface area (Å²) in [6, 6.07) is 3.78. The Labute approximate surface area is 92.1 Å². The maximum atomic E-state index is 5.88. The van der Waals surface area contributed by atoms with E-state index >= 15 is 0 Å². The lowest BCUT2D eigenvalue weighted by Gasteiger charge is -2.01. The van der Waals surface area contributed by atoms with Crippen LogP contribution in [-0.4, -0.2) is 10.1 Å². The Hall–Kier alpha value is -1.20. The summed E-state index contributed by atoms with van der Waals surface area (Å²) in [4.78, 5) is 5.29. The first-order chi connectivity index (χ1) is 7.31. The van der Waals surface area contributed by atoms with Crippen LogP contribution in [0.15, 0.2) is 22.0 Å². The molecule has 0 amide bonds. The molecule has 2 N–H and O–H groups in total. The van der Waals surface area contributed by atoms with E-state index in [0.717, 1.165) is 17.7 Å². The van der Waals surface area contributed by atoms with E-state index in [0.29, 0.717) is 11.7 Å². The Morgan fingerprint density at radius 2 is 2.47 bits per heavy atom. The molecule has 2 rings (SSSR count). The highest BCUT2D eigenvalue weighted by Crippen LogP contribution is 2.23. The molecule has 0 fully saturated rings.